The summed E-state index contributed by atoms with van der Waals surface area (Å²) < 4.78 is 1.82. The maximum Gasteiger partial charge on any atom is 0.269 e. The van der Waals surface area contributed by atoms with Gasteiger partial charge in [-0.15, -0.1) is 0 Å². The lowest BCUT2D eigenvalue weighted by Gasteiger charge is -2.06. The molecule has 1 saturated carbocycles. The van der Waals surface area contributed by atoms with Crippen LogP contribution in [-0.2, 0) is 13.1 Å². The van der Waals surface area contributed by atoms with Gasteiger partial charge in [-0.2, -0.15) is 5.10 Å². The van der Waals surface area contributed by atoms with Crippen LogP contribution in [0.4, 0.5) is 5.69 Å². The number of nitro groups is 1. The third kappa shape index (κ3) is 3.00. The van der Waals surface area contributed by atoms with Gasteiger partial charge in [-0.25, -0.2) is 9.67 Å². The minimum Gasteiger partial charge on any atom is -0.307 e. The van der Waals surface area contributed by atoms with Crippen molar-refractivity contribution in [3.8, 4) is 0 Å². The van der Waals surface area contributed by atoms with Gasteiger partial charge in [0, 0.05) is 18.2 Å². The van der Waals surface area contributed by atoms with Crippen LogP contribution in [0.25, 0.3) is 0 Å². The number of aromatic nitrogens is 3. The predicted molar refractivity (Wildman–Crippen MR) is 72.1 cm³/mol. The summed E-state index contributed by atoms with van der Waals surface area (Å²) in [6.45, 7) is 1.28. The molecule has 1 fully saturated rings. The van der Waals surface area contributed by atoms with Crippen molar-refractivity contribution in [1.82, 2.24) is 20.1 Å². The van der Waals surface area contributed by atoms with Crippen molar-refractivity contribution in [2.45, 2.75) is 32.0 Å². The SMILES string of the molecule is O=[N+]([O-])c1ccc(Cn2ncnc2CNC2CC2)cc1. The summed E-state index contributed by atoms with van der Waals surface area (Å²) in [5.74, 6) is 0.884. The normalized spacial score (nSPS) is 14.4. The average molecular weight is 273 g/mol. The maximum atomic E-state index is 10.6. The molecule has 20 heavy (non-hydrogen) atoms. The molecule has 104 valence electrons. The summed E-state index contributed by atoms with van der Waals surface area (Å²) in [6, 6.07) is 7.14. The molecule has 1 heterocycles. The van der Waals surface area contributed by atoms with E-state index in [-0.39, 0.29) is 5.69 Å². The third-order valence-corrected chi connectivity index (χ3v) is 3.30. The van der Waals surface area contributed by atoms with E-state index in [9.17, 15) is 10.1 Å². The number of non-ortho nitro benzene ring substituents is 1. The number of nitrogens with one attached hydrogen (secondary N) is 1. The van der Waals surface area contributed by atoms with Crippen molar-refractivity contribution in [1.29, 1.82) is 0 Å². The predicted octanol–water partition coefficient (Wildman–Crippen LogP) is 1.49. The van der Waals surface area contributed by atoms with Gasteiger partial charge in [0.15, 0.2) is 0 Å². The summed E-state index contributed by atoms with van der Waals surface area (Å²) in [5.41, 5.74) is 1.07. The smallest absolute Gasteiger partial charge is 0.269 e. The zero-order valence-corrected chi connectivity index (χ0v) is 10.9. The highest BCUT2D eigenvalue weighted by atomic mass is 16.6. The molecule has 7 heteroatoms. The quantitative estimate of drug-likeness (QED) is 0.636. The van der Waals surface area contributed by atoms with Gasteiger partial charge in [-0.1, -0.05) is 12.1 Å². The molecule has 0 aliphatic heterocycles. The number of hydrogen-bond donors (Lipinski definition) is 1. The molecule has 1 N–H and O–H groups in total. The van der Waals surface area contributed by atoms with Crippen LogP contribution in [0.2, 0.25) is 0 Å². The number of benzene rings is 1. The number of hydrogen-bond acceptors (Lipinski definition) is 5. The zero-order valence-electron chi connectivity index (χ0n) is 10.9. The molecule has 0 radical (unpaired) electrons. The van der Waals surface area contributed by atoms with Crippen molar-refractivity contribution < 1.29 is 4.92 Å². The van der Waals surface area contributed by atoms with Crippen LogP contribution < -0.4 is 5.32 Å². The molecule has 0 spiro atoms. The second-order valence-corrected chi connectivity index (χ2v) is 4.91. The Kier molecular flexibility index (Phi) is 3.42. The van der Waals surface area contributed by atoms with Crippen LogP contribution in [-0.4, -0.2) is 25.7 Å². The fraction of sp³-hybridized carbons (Fsp3) is 0.385. The molecule has 1 aliphatic carbocycles. The first kappa shape index (κ1) is 12.7. The van der Waals surface area contributed by atoms with Crippen molar-refractivity contribution in [2.75, 3.05) is 0 Å². The Morgan fingerprint density at radius 3 is 2.75 bits per heavy atom. The monoisotopic (exact) mass is 273 g/mol. The molecular weight excluding hydrogens is 258 g/mol. The Bertz CT molecular complexity index is 603. The number of nitrogens with zero attached hydrogens (tertiary/aromatic N) is 4. The van der Waals surface area contributed by atoms with Crippen LogP contribution in [0.15, 0.2) is 30.6 Å². The Morgan fingerprint density at radius 2 is 2.10 bits per heavy atom. The van der Waals surface area contributed by atoms with Crippen molar-refractivity contribution in [3.63, 3.8) is 0 Å². The molecule has 2 aromatic rings. The molecule has 3 rings (SSSR count). The molecule has 1 aliphatic rings. The standard InChI is InChI=1S/C13H15N5O2/c19-18(20)12-5-1-10(2-6-12)8-17-13(15-9-16-17)7-14-11-3-4-11/h1-2,5-6,9,11,14H,3-4,7-8H2. The fourth-order valence-electron chi connectivity index (χ4n) is 1.98. The Balaban J connectivity index is 1.67. The van der Waals surface area contributed by atoms with Crippen molar-refractivity contribution >= 4 is 5.69 Å². The van der Waals surface area contributed by atoms with Gasteiger partial charge in [0.1, 0.15) is 12.2 Å². The van der Waals surface area contributed by atoms with Crippen LogP contribution >= 0.6 is 0 Å². The summed E-state index contributed by atoms with van der Waals surface area (Å²) in [5, 5.41) is 18.2. The lowest BCUT2D eigenvalue weighted by Crippen LogP contribution is -2.19. The van der Waals surface area contributed by atoms with Crippen LogP contribution in [0, 0.1) is 10.1 Å². The highest BCUT2D eigenvalue weighted by Gasteiger charge is 2.21. The van der Waals surface area contributed by atoms with Gasteiger partial charge in [0.2, 0.25) is 0 Å². The van der Waals surface area contributed by atoms with Crippen LogP contribution in [0.5, 0.6) is 0 Å². The average Bonchev–Trinajstić information content (AvgIpc) is 3.18. The van der Waals surface area contributed by atoms with E-state index in [1.165, 1.54) is 31.3 Å². The van der Waals surface area contributed by atoms with Gasteiger partial charge in [-0.05, 0) is 18.4 Å². The van der Waals surface area contributed by atoms with Crippen LogP contribution in [0.3, 0.4) is 0 Å². The Morgan fingerprint density at radius 1 is 1.35 bits per heavy atom. The molecule has 1 aromatic heterocycles. The molecule has 0 bridgehead atoms. The molecule has 0 saturated heterocycles. The van der Waals surface area contributed by atoms with Crippen LogP contribution in [0.1, 0.15) is 24.2 Å². The molecule has 0 amide bonds. The van der Waals surface area contributed by atoms with E-state index in [0.29, 0.717) is 19.1 Å². The van der Waals surface area contributed by atoms with E-state index < -0.39 is 4.92 Å². The van der Waals surface area contributed by atoms with Gasteiger partial charge < -0.3 is 5.32 Å². The van der Waals surface area contributed by atoms with Gasteiger partial charge in [0.25, 0.3) is 5.69 Å². The van der Waals surface area contributed by atoms with E-state index in [1.54, 1.807) is 12.1 Å². The lowest BCUT2D eigenvalue weighted by atomic mass is 10.2. The first-order chi connectivity index (χ1) is 9.72. The minimum atomic E-state index is -0.399. The molecule has 1 aromatic carbocycles. The number of nitro benzene ring substituents is 1. The summed E-state index contributed by atoms with van der Waals surface area (Å²) in [4.78, 5) is 14.4. The van der Waals surface area contributed by atoms with E-state index >= 15 is 0 Å². The second kappa shape index (κ2) is 5.38. The molecule has 0 unspecified atom stereocenters. The minimum absolute atomic E-state index is 0.1000. The zero-order chi connectivity index (χ0) is 13.9. The Labute approximate surface area is 115 Å². The van der Waals surface area contributed by atoms with Gasteiger partial charge in [0.05, 0.1) is 18.0 Å². The first-order valence-corrected chi connectivity index (χ1v) is 6.56. The Hall–Kier alpha value is -2.28. The highest BCUT2D eigenvalue weighted by Crippen LogP contribution is 2.19. The van der Waals surface area contributed by atoms with E-state index in [4.69, 9.17) is 0 Å². The van der Waals surface area contributed by atoms with E-state index in [1.807, 2.05) is 4.68 Å². The molecule has 7 nitrogen and oxygen atoms in total. The summed E-state index contributed by atoms with van der Waals surface area (Å²) in [7, 11) is 0. The van der Waals surface area contributed by atoms with Crippen molar-refractivity contribution in [2.24, 2.45) is 0 Å². The van der Waals surface area contributed by atoms with Gasteiger partial charge >= 0.3 is 0 Å². The van der Waals surface area contributed by atoms with Gasteiger partial charge in [-0.3, -0.25) is 10.1 Å². The largest absolute Gasteiger partial charge is 0.307 e. The third-order valence-electron chi connectivity index (χ3n) is 3.30. The van der Waals surface area contributed by atoms with E-state index in [2.05, 4.69) is 15.4 Å². The molecule has 0 atom stereocenters. The second-order valence-electron chi connectivity index (χ2n) is 4.91. The summed E-state index contributed by atoms with van der Waals surface area (Å²) in [6.07, 6.45) is 4.00. The molecular formula is C13H15N5O2. The topological polar surface area (TPSA) is 85.9 Å². The van der Waals surface area contributed by atoms with Crippen molar-refractivity contribution in [3.05, 3.63) is 52.1 Å². The lowest BCUT2D eigenvalue weighted by molar-refractivity contribution is -0.384. The van der Waals surface area contributed by atoms with E-state index in [0.717, 1.165) is 11.4 Å². The number of rotatable bonds is 6. The summed E-state index contributed by atoms with van der Waals surface area (Å²) >= 11 is 0. The fourth-order valence-corrected chi connectivity index (χ4v) is 1.98. The first-order valence-electron chi connectivity index (χ1n) is 6.56. The highest BCUT2D eigenvalue weighted by molar-refractivity contribution is 5.32. The maximum absolute atomic E-state index is 10.6.